The van der Waals surface area contributed by atoms with Gasteiger partial charge in [0.25, 0.3) is 0 Å². The lowest BCUT2D eigenvalue weighted by Gasteiger charge is -2.32. The fraction of sp³-hybridized carbons (Fsp3) is 0.310. The van der Waals surface area contributed by atoms with Crippen molar-refractivity contribution in [2.45, 2.75) is 175 Å². The van der Waals surface area contributed by atoms with E-state index in [1.807, 2.05) is 0 Å². The molecule has 5 aliphatic rings. The van der Waals surface area contributed by atoms with E-state index < -0.39 is 0 Å². The Labute approximate surface area is 522 Å². The third-order valence-electron chi connectivity index (χ3n) is 20.8. The molecule has 10 aromatic rings. The van der Waals surface area contributed by atoms with Gasteiger partial charge >= 0.3 is 0 Å². The Hall–Kier alpha value is -7.80. The topological polar surface area (TPSA) is 0 Å². The summed E-state index contributed by atoms with van der Waals surface area (Å²) in [7, 11) is 0. The molecule has 0 saturated carbocycles. The van der Waals surface area contributed by atoms with Gasteiger partial charge in [-0.15, -0.1) is 0 Å². The lowest BCUT2D eigenvalue weighted by molar-refractivity contribution is 0.765. The van der Waals surface area contributed by atoms with E-state index in [2.05, 4.69) is 305 Å². The maximum atomic E-state index is 2.54. The molecular formula is C87H90. The summed E-state index contributed by atoms with van der Waals surface area (Å²) >= 11 is 0. The molecule has 0 amide bonds. The predicted molar refractivity (Wildman–Crippen MR) is 373 cm³/mol. The summed E-state index contributed by atoms with van der Waals surface area (Å²) in [4.78, 5) is 0. The minimum absolute atomic E-state index is 0.229. The standard InChI is InChI=1S/C37H40.C31H28.C19H22/c1-21(2)25-9-13-29-30-14-10-26(22(3)4)18-34(30)37(33(29)17-25)35-19-27(23(5)6)11-15-31(35)32-16-12-28(24(7)8)20-36(32)37;1-19(2)21-13-15-25-26-16-14-22(20(3)4)18-30(26)31(29(25)17-21)27-11-7-5-9-23(27)24-10-6-8-12-28(24)31;1-12(2)14-5-7-18-16(9-14)11-17-10-15(13(3)4)6-8-19(17)18/h9-24H,1-8H3;5-20H,1-4H3;5-10,12-13H,11H2,1-4H3. The molecule has 0 nitrogen and oxygen atoms in total. The molecule has 5 aliphatic carbocycles. The minimum atomic E-state index is -0.277. The average molecular weight is 1140 g/mol. The summed E-state index contributed by atoms with van der Waals surface area (Å²) in [6.45, 7) is 36.8. The highest BCUT2D eigenvalue weighted by Crippen LogP contribution is 2.65. The van der Waals surface area contributed by atoms with Crippen LogP contribution >= 0.6 is 0 Å². The Bertz CT molecular complexity index is 3930. The van der Waals surface area contributed by atoms with Crippen LogP contribution in [0.2, 0.25) is 0 Å². The molecule has 0 heteroatoms. The van der Waals surface area contributed by atoms with Crippen molar-refractivity contribution in [1.82, 2.24) is 0 Å². The van der Waals surface area contributed by atoms with Crippen LogP contribution in [0.25, 0.3) is 55.6 Å². The van der Waals surface area contributed by atoms with Crippen molar-refractivity contribution in [1.29, 1.82) is 0 Å². The van der Waals surface area contributed by atoms with Gasteiger partial charge in [0.2, 0.25) is 0 Å². The van der Waals surface area contributed by atoms with Crippen molar-refractivity contribution in [3.05, 3.63) is 294 Å². The van der Waals surface area contributed by atoms with E-state index in [1.165, 1.54) is 156 Å². The predicted octanol–water partition coefficient (Wildman–Crippen LogP) is 24.3. The molecule has 0 unspecified atom stereocenters. The summed E-state index contributed by atoms with van der Waals surface area (Å²) < 4.78 is 0. The van der Waals surface area contributed by atoms with Crippen molar-refractivity contribution < 1.29 is 0 Å². The van der Waals surface area contributed by atoms with Crippen LogP contribution in [0.4, 0.5) is 0 Å². The van der Waals surface area contributed by atoms with Crippen LogP contribution in [-0.4, -0.2) is 0 Å². The monoisotopic (exact) mass is 1130 g/mol. The molecule has 438 valence electrons. The molecule has 0 fully saturated rings. The molecule has 0 N–H and O–H groups in total. The zero-order chi connectivity index (χ0) is 61.1. The van der Waals surface area contributed by atoms with E-state index in [1.54, 1.807) is 0 Å². The van der Waals surface area contributed by atoms with Gasteiger partial charge in [-0.05, 0) is 210 Å². The zero-order valence-electron chi connectivity index (χ0n) is 54.8. The van der Waals surface area contributed by atoms with Crippen LogP contribution in [0.3, 0.4) is 0 Å². The van der Waals surface area contributed by atoms with Gasteiger partial charge in [0.15, 0.2) is 0 Å². The van der Waals surface area contributed by atoms with E-state index in [0.717, 1.165) is 6.42 Å². The highest BCUT2D eigenvalue weighted by atomic mass is 14.5. The molecule has 0 bridgehead atoms. The van der Waals surface area contributed by atoms with Gasteiger partial charge in [0.1, 0.15) is 0 Å². The number of rotatable bonds is 8. The summed E-state index contributed by atoms with van der Waals surface area (Å²) in [5, 5.41) is 0. The largest absolute Gasteiger partial charge is 0.0725 e. The smallest absolute Gasteiger partial charge is 0.0619 e. The summed E-state index contributed by atoms with van der Waals surface area (Å²) in [6, 6.07) is 75.7. The van der Waals surface area contributed by atoms with Gasteiger partial charge < -0.3 is 0 Å². The summed E-state index contributed by atoms with van der Waals surface area (Å²) in [6.07, 6.45) is 1.10. The quantitative estimate of drug-likeness (QED) is 0.142. The van der Waals surface area contributed by atoms with Gasteiger partial charge in [-0.2, -0.15) is 0 Å². The van der Waals surface area contributed by atoms with Crippen LogP contribution in [0.1, 0.15) is 258 Å². The van der Waals surface area contributed by atoms with Crippen LogP contribution in [0.15, 0.2) is 194 Å². The van der Waals surface area contributed by atoms with Crippen LogP contribution in [0, 0.1) is 0 Å². The molecule has 10 aromatic carbocycles. The van der Waals surface area contributed by atoms with Gasteiger partial charge in [0.05, 0.1) is 10.8 Å². The number of hydrogen-bond acceptors (Lipinski definition) is 0. The normalized spacial score (nSPS) is 14.3. The second-order valence-corrected chi connectivity index (χ2v) is 28.7. The summed E-state index contributed by atoms with van der Waals surface area (Å²) in [5.41, 5.74) is 39.6. The van der Waals surface area contributed by atoms with E-state index >= 15 is 0 Å². The molecule has 0 heterocycles. The first kappa shape index (κ1) is 58.2. The van der Waals surface area contributed by atoms with Crippen LogP contribution in [0.5, 0.6) is 0 Å². The Morgan fingerprint density at radius 3 is 0.609 bits per heavy atom. The summed E-state index contributed by atoms with van der Waals surface area (Å²) in [5.74, 6) is 4.18. The van der Waals surface area contributed by atoms with E-state index in [9.17, 15) is 0 Å². The number of hydrogen-bond donors (Lipinski definition) is 0. The fourth-order valence-corrected chi connectivity index (χ4v) is 15.6. The third-order valence-corrected chi connectivity index (χ3v) is 20.8. The maximum absolute atomic E-state index is 2.54. The van der Waals surface area contributed by atoms with Gasteiger partial charge in [0, 0.05) is 0 Å². The van der Waals surface area contributed by atoms with Gasteiger partial charge in [-0.1, -0.05) is 305 Å². The Morgan fingerprint density at radius 2 is 0.379 bits per heavy atom. The zero-order valence-corrected chi connectivity index (χ0v) is 54.8. The second kappa shape index (κ2) is 22.1. The molecule has 0 aliphatic heterocycles. The highest BCUT2D eigenvalue weighted by molar-refractivity contribution is 5.97. The van der Waals surface area contributed by atoms with Crippen molar-refractivity contribution in [3.63, 3.8) is 0 Å². The first-order chi connectivity index (χ1) is 41.7. The highest BCUT2D eigenvalue weighted by Gasteiger charge is 2.54. The second-order valence-electron chi connectivity index (χ2n) is 28.7. The molecular weight excluding hydrogens is 1040 g/mol. The van der Waals surface area contributed by atoms with Crippen LogP contribution < -0.4 is 0 Å². The van der Waals surface area contributed by atoms with Gasteiger partial charge in [-0.3, -0.25) is 0 Å². The SMILES string of the molecule is CC(C)c1ccc2c(c1)C1(c3cc(C(C)C)ccc3-2)c2cc(C(C)C)ccc2-c2ccc(C(C)C)cc21.CC(C)c1ccc2c(c1)C1(c3ccccc3-c3ccccc31)c1cc(C(C)C)ccc1-2.CC(C)c1ccc2c(c1)Cc1cc(C(C)C)ccc1-2. The molecule has 0 saturated heterocycles. The third kappa shape index (κ3) is 9.20. The van der Waals surface area contributed by atoms with Crippen molar-refractivity contribution in [3.8, 4) is 55.6 Å². The van der Waals surface area contributed by atoms with Crippen molar-refractivity contribution in [2.24, 2.45) is 0 Å². The molecule has 0 atom stereocenters. The van der Waals surface area contributed by atoms with E-state index in [4.69, 9.17) is 0 Å². The fourth-order valence-electron chi connectivity index (χ4n) is 15.6. The van der Waals surface area contributed by atoms with E-state index in [-0.39, 0.29) is 10.8 Å². The first-order valence-electron chi connectivity index (χ1n) is 33.1. The average Bonchev–Trinajstić information content (AvgIpc) is 1.52. The number of benzene rings is 10. The Kier molecular flexibility index (Phi) is 14.8. The lowest BCUT2D eigenvalue weighted by Crippen LogP contribution is -2.27. The lowest BCUT2D eigenvalue weighted by atomic mass is 9.69. The van der Waals surface area contributed by atoms with Gasteiger partial charge in [-0.25, -0.2) is 0 Å². The molecule has 0 aromatic heterocycles. The molecule has 0 radical (unpaired) electrons. The van der Waals surface area contributed by atoms with Crippen LogP contribution in [-0.2, 0) is 17.3 Å². The number of fused-ring (bicyclic) bond motifs is 23. The molecule has 15 rings (SSSR count). The Morgan fingerprint density at radius 1 is 0.195 bits per heavy atom. The molecule has 2 spiro atoms. The maximum Gasteiger partial charge on any atom is 0.0725 e. The molecule has 87 heavy (non-hydrogen) atoms. The first-order valence-corrected chi connectivity index (χ1v) is 33.1. The Balaban J connectivity index is 0.000000127. The van der Waals surface area contributed by atoms with Crippen molar-refractivity contribution in [2.75, 3.05) is 0 Å². The minimum Gasteiger partial charge on any atom is -0.0619 e. The van der Waals surface area contributed by atoms with Crippen molar-refractivity contribution >= 4 is 0 Å². The van der Waals surface area contributed by atoms with E-state index in [0.29, 0.717) is 47.3 Å².